The van der Waals surface area contributed by atoms with E-state index in [1.165, 1.54) is 6.26 Å². The van der Waals surface area contributed by atoms with E-state index >= 15 is 0 Å². The zero-order valence-electron chi connectivity index (χ0n) is 18.5. The minimum Gasteiger partial charge on any atom is -0.467 e. The Labute approximate surface area is 191 Å². The first kappa shape index (κ1) is 22.4. The highest BCUT2D eigenvalue weighted by Crippen LogP contribution is 2.23. The molecule has 0 radical (unpaired) electrons. The molecule has 8 heteroatoms. The van der Waals surface area contributed by atoms with Crippen LogP contribution >= 0.6 is 0 Å². The van der Waals surface area contributed by atoms with Crippen LogP contribution in [-0.4, -0.2) is 41.8 Å². The molecule has 3 heterocycles. The smallest absolute Gasteiger partial charge is 0.289 e. The van der Waals surface area contributed by atoms with Gasteiger partial charge >= 0.3 is 0 Å². The van der Waals surface area contributed by atoms with Crippen molar-refractivity contribution in [3.8, 4) is 0 Å². The highest BCUT2D eigenvalue weighted by Gasteiger charge is 2.34. The van der Waals surface area contributed by atoms with Gasteiger partial charge in [0.15, 0.2) is 5.76 Å². The third-order valence-corrected chi connectivity index (χ3v) is 5.90. The summed E-state index contributed by atoms with van der Waals surface area (Å²) in [6.07, 6.45) is 4.18. The first-order valence-electron chi connectivity index (χ1n) is 11.0. The van der Waals surface area contributed by atoms with Crippen molar-refractivity contribution in [3.63, 3.8) is 0 Å². The van der Waals surface area contributed by atoms with E-state index in [2.05, 4.69) is 10.6 Å². The lowest BCUT2D eigenvalue weighted by atomic mass is 9.88. The summed E-state index contributed by atoms with van der Waals surface area (Å²) in [6.45, 7) is 3.10. The molecule has 1 aromatic carbocycles. The first-order valence-corrected chi connectivity index (χ1v) is 11.0. The fraction of sp³-hybridized carbons (Fsp3) is 0.320. The lowest BCUT2D eigenvalue weighted by Crippen LogP contribution is -2.53. The molecule has 0 bridgehead atoms. The molecule has 0 spiro atoms. The molecule has 1 aliphatic heterocycles. The molecule has 4 rings (SSSR count). The van der Waals surface area contributed by atoms with Crippen LogP contribution in [0.1, 0.15) is 45.1 Å². The minimum atomic E-state index is -0.728. The van der Waals surface area contributed by atoms with Crippen molar-refractivity contribution < 1.29 is 23.2 Å². The quantitative estimate of drug-likeness (QED) is 0.577. The van der Waals surface area contributed by atoms with Gasteiger partial charge in [-0.3, -0.25) is 14.4 Å². The van der Waals surface area contributed by atoms with Gasteiger partial charge in [-0.05, 0) is 62.1 Å². The predicted molar refractivity (Wildman–Crippen MR) is 120 cm³/mol. The third-order valence-electron chi connectivity index (χ3n) is 5.90. The number of furan rings is 2. The SMILES string of the molecule is Cc1cccc(C(=O)NC(C(=O)NCc2ccco2)C2CCN(C(=O)c3ccco3)CC2)c1. The summed E-state index contributed by atoms with van der Waals surface area (Å²) < 4.78 is 10.5. The molecule has 1 unspecified atom stereocenters. The van der Waals surface area contributed by atoms with Gasteiger partial charge in [0.25, 0.3) is 11.8 Å². The second kappa shape index (κ2) is 10.2. The van der Waals surface area contributed by atoms with Crippen LogP contribution < -0.4 is 10.6 Å². The maximum absolute atomic E-state index is 13.1. The maximum atomic E-state index is 13.1. The number of nitrogens with one attached hydrogen (secondary N) is 2. The number of rotatable bonds is 7. The van der Waals surface area contributed by atoms with Crippen LogP contribution in [0.25, 0.3) is 0 Å². The Morgan fingerprint density at radius 3 is 2.45 bits per heavy atom. The zero-order valence-corrected chi connectivity index (χ0v) is 18.5. The summed E-state index contributed by atoms with van der Waals surface area (Å²) in [5.41, 5.74) is 1.47. The minimum absolute atomic E-state index is 0.115. The van der Waals surface area contributed by atoms with Gasteiger partial charge in [0.05, 0.1) is 19.1 Å². The van der Waals surface area contributed by atoms with Crippen LogP contribution in [0.5, 0.6) is 0 Å². The van der Waals surface area contributed by atoms with Crippen LogP contribution in [0.3, 0.4) is 0 Å². The van der Waals surface area contributed by atoms with Gasteiger partial charge < -0.3 is 24.4 Å². The summed E-state index contributed by atoms with van der Waals surface area (Å²) >= 11 is 0. The Kier molecular flexibility index (Phi) is 6.92. The van der Waals surface area contributed by atoms with Gasteiger partial charge in [-0.25, -0.2) is 0 Å². The van der Waals surface area contributed by atoms with E-state index in [0.29, 0.717) is 43.0 Å². The average molecular weight is 450 g/mol. The van der Waals surface area contributed by atoms with Crippen LogP contribution in [0.4, 0.5) is 0 Å². The topological polar surface area (TPSA) is 105 Å². The van der Waals surface area contributed by atoms with Crippen molar-refractivity contribution in [3.05, 3.63) is 83.7 Å². The lowest BCUT2D eigenvalue weighted by molar-refractivity contribution is -0.124. The van der Waals surface area contributed by atoms with E-state index in [9.17, 15) is 14.4 Å². The summed E-state index contributed by atoms with van der Waals surface area (Å²) in [4.78, 5) is 40.3. The molecular weight excluding hydrogens is 422 g/mol. The van der Waals surface area contributed by atoms with Crippen molar-refractivity contribution in [2.45, 2.75) is 32.4 Å². The van der Waals surface area contributed by atoms with E-state index < -0.39 is 6.04 Å². The number of carbonyl (C=O) groups is 3. The fourth-order valence-corrected chi connectivity index (χ4v) is 4.10. The van der Waals surface area contributed by atoms with Gasteiger partial charge in [-0.15, -0.1) is 0 Å². The van der Waals surface area contributed by atoms with Crippen molar-refractivity contribution in [1.82, 2.24) is 15.5 Å². The molecule has 1 atom stereocenters. The normalized spacial score (nSPS) is 15.1. The van der Waals surface area contributed by atoms with Crippen LogP contribution in [0.2, 0.25) is 0 Å². The summed E-state index contributed by atoms with van der Waals surface area (Å²) in [7, 11) is 0. The van der Waals surface area contributed by atoms with Gasteiger partial charge in [-0.1, -0.05) is 17.7 Å². The molecule has 1 fully saturated rings. The molecule has 3 aromatic rings. The number of carbonyl (C=O) groups excluding carboxylic acids is 3. The molecule has 3 amide bonds. The van der Waals surface area contributed by atoms with Gasteiger partial charge in [0.1, 0.15) is 11.8 Å². The molecule has 0 saturated carbocycles. The predicted octanol–water partition coefficient (Wildman–Crippen LogP) is 3.15. The molecule has 2 N–H and O–H groups in total. The second-order valence-electron chi connectivity index (χ2n) is 8.22. The van der Waals surface area contributed by atoms with E-state index in [1.54, 1.807) is 47.6 Å². The highest BCUT2D eigenvalue weighted by atomic mass is 16.3. The Morgan fingerprint density at radius 2 is 1.79 bits per heavy atom. The van der Waals surface area contributed by atoms with E-state index in [0.717, 1.165) is 5.56 Å². The Hall–Kier alpha value is -3.81. The van der Waals surface area contributed by atoms with Gasteiger partial charge in [-0.2, -0.15) is 0 Å². The first-order chi connectivity index (χ1) is 16.0. The largest absolute Gasteiger partial charge is 0.467 e. The number of amides is 3. The summed E-state index contributed by atoms with van der Waals surface area (Å²) in [6, 6.07) is 13.4. The Bertz CT molecular complexity index is 1080. The molecule has 8 nitrogen and oxygen atoms in total. The molecule has 2 aromatic heterocycles. The Balaban J connectivity index is 1.44. The number of piperidine rings is 1. The summed E-state index contributed by atoms with van der Waals surface area (Å²) in [5.74, 6) is 0.0751. The molecule has 1 saturated heterocycles. The second-order valence-corrected chi connectivity index (χ2v) is 8.22. The van der Waals surface area contributed by atoms with Gasteiger partial charge in [0, 0.05) is 18.7 Å². The standard InChI is InChI=1S/C25H27N3O5/c1-17-5-2-6-19(15-17)23(29)27-22(24(30)26-16-20-7-3-13-32-20)18-9-11-28(12-10-18)25(31)21-8-4-14-33-21/h2-8,13-15,18,22H,9-12,16H2,1H3,(H,26,30)(H,27,29). The number of likely N-dealkylation sites (tertiary alicyclic amines) is 1. The third kappa shape index (κ3) is 5.52. The van der Waals surface area contributed by atoms with Crippen LogP contribution in [0.15, 0.2) is 69.9 Å². The van der Waals surface area contributed by atoms with Crippen molar-refractivity contribution in [2.24, 2.45) is 5.92 Å². The molecule has 1 aliphatic rings. The molecular formula is C25H27N3O5. The fourth-order valence-electron chi connectivity index (χ4n) is 4.10. The number of nitrogens with zero attached hydrogens (tertiary/aromatic N) is 1. The maximum Gasteiger partial charge on any atom is 0.289 e. The highest BCUT2D eigenvalue weighted by molar-refractivity contribution is 5.97. The van der Waals surface area contributed by atoms with E-state index in [4.69, 9.17) is 8.83 Å². The van der Waals surface area contributed by atoms with Crippen molar-refractivity contribution >= 4 is 17.7 Å². The number of aryl methyl sites for hydroxylation is 1. The van der Waals surface area contributed by atoms with Crippen molar-refractivity contribution in [1.29, 1.82) is 0 Å². The van der Waals surface area contributed by atoms with Gasteiger partial charge in [0.2, 0.25) is 5.91 Å². The average Bonchev–Trinajstić information content (AvgIpc) is 3.55. The van der Waals surface area contributed by atoms with E-state index in [-0.39, 0.29) is 30.2 Å². The number of benzene rings is 1. The number of hydrogen-bond donors (Lipinski definition) is 2. The van der Waals surface area contributed by atoms with Crippen molar-refractivity contribution in [2.75, 3.05) is 13.1 Å². The molecule has 0 aliphatic carbocycles. The zero-order chi connectivity index (χ0) is 23.2. The van der Waals surface area contributed by atoms with Crippen LogP contribution in [0, 0.1) is 12.8 Å². The van der Waals surface area contributed by atoms with E-state index in [1.807, 2.05) is 19.1 Å². The number of hydrogen-bond acceptors (Lipinski definition) is 5. The molecule has 33 heavy (non-hydrogen) atoms. The summed E-state index contributed by atoms with van der Waals surface area (Å²) in [5, 5.41) is 5.79. The monoisotopic (exact) mass is 449 g/mol. The Morgan fingerprint density at radius 1 is 1.03 bits per heavy atom. The lowest BCUT2D eigenvalue weighted by Gasteiger charge is -2.35. The van der Waals surface area contributed by atoms with Crippen LogP contribution in [-0.2, 0) is 11.3 Å². The molecule has 172 valence electrons.